The third kappa shape index (κ3) is 3.94. The van der Waals surface area contributed by atoms with Crippen LogP contribution in [0.1, 0.15) is 77.0 Å². The van der Waals surface area contributed by atoms with Gasteiger partial charge in [-0.05, 0) is 83.8 Å². The highest BCUT2D eigenvalue weighted by Crippen LogP contribution is 2.56. The molecule has 3 aromatic carbocycles. The van der Waals surface area contributed by atoms with Gasteiger partial charge in [-0.3, -0.25) is 0 Å². The van der Waals surface area contributed by atoms with Gasteiger partial charge in [0.15, 0.2) is 0 Å². The van der Waals surface area contributed by atoms with Gasteiger partial charge in [-0.25, -0.2) is 0 Å². The topological polar surface area (TPSA) is 9.23 Å². The number of rotatable bonds is 4. The maximum Gasteiger partial charge on any atom is 0.261 e. The molecule has 0 heterocycles. The second kappa shape index (κ2) is 8.75. The van der Waals surface area contributed by atoms with Crippen LogP contribution in [0.5, 0.6) is 0 Å². The second-order valence-electron chi connectivity index (χ2n) is 12.6. The molecule has 3 aromatic rings. The number of hydrogen-bond acceptors (Lipinski definition) is 1. The molecule has 0 unspecified atom stereocenters. The first-order valence-electron chi connectivity index (χ1n) is 13.5. The van der Waals surface area contributed by atoms with E-state index in [-0.39, 0.29) is 16.1 Å². The SMILES string of the molecule is Cc1ccc2c(c1)[C@@]1(C)CCC[C@](C)(O[Si](c3ccccc3)(c3ccccc3)C(C)(C)C)[C@@H]1CC2. The molecule has 3 atom stereocenters. The van der Waals surface area contributed by atoms with Crippen LogP contribution in [0.15, 0.2) is 78.9 Å². The van der Waals surface area contributed by atoms with Crippen molar-refractivity contribution in [2.45, 2.75) is 89.7 Å². The highest BCUT2D eigenvalue weighted by molar-refractivity contribution is 6.99. The van der Waals surface area contributed by atoms with Crippen molar-refractivity contribution in [3.63, 3.8) is 0 Å². The Morgan fingerprint density at radius 2 is 1.43 bits per heavy atom. The van der Waals surface area contributed by atoms with Crippen molar-refractivity contribution in [1.29, 1.82) is 0 Å². The standard InChI is InChI=1S/C33H42OSi/c1-25-18-19-26-20-21-30-32(5,29(26)24-25)22-13-23-33(30,6)34-35(31(2,3)4,27-14-9-7-10-15-27)28-16-11-8-12-17-28/h7-12,14-19,24,30H,13,20-23H2,1-6H3/t30-,32-,33+/m1/s1. The molecule has 0 spiro atoms. The van der Waals surface area contributed by atoms with Crippen molar-refractivity contribution < 1.29 is 4.43 Å². The Hall–Kier alpha value is -2.16. The van der Waals surface area contributed by atoms with Gasteiger partial charge in [0.25, 0.3) is 8.32 Å². The first-order chi connectivity index (χ1) is 16.6. The summed E-state index contributed by atoms with van der Waals surface area (Å²) in [4.78, 5) is 0. The van der Waals surface area contributed by atoms with Crippen molar-refractivity contribution in [1.82, 2.24) is 0 Å². The van der Waals surface area contributed by atoms with E-state index in [0.29, 0.717) is 5.92 Å². The average Bonchev–Trinajstić information content (AvgIpc) is 2.83. The van der Waals surface area contributed by atoms with Crippen LogP contribution in [0.3, 0.4) is 0 Å². The fourth-order valence-electron chi connectivity index (χ4n) is 7.64. The minimum absolute atomic E-state index is 0.00424. The number of hydrogen-bond donors (Lipinski definition) is 0. The summed E-state index contributed by atoms with van der Waals surface area (Å²) in [5.41, 5.74) is 4.53. The second-order valence-corrected chi connectivity index (χ2v) is 16.8. The quantitative estimate of drug-likeness (QED) is 0.354. The Labute approximate surface area is 214 Å². The molecule has 0 N–H and O–H groups in total. The Bertz CT molecular complexity index is 1140. The lowest BCUT2D eigenvalue weighted by atomic mass is 9.53. The van der Waals surface area contributed by atoms with Crippen LogP contribution in [-0.2, 0) is 16.3 Å². The molecule has 0 radical (unpaired) electrons. The normalized spacial score (nSPS) is 26.6. The average molecular weight is 483 g/mol. The van der Waals surface area contributed by atoms with Crippen LogP contribution in [0, 0.1) is 12.8 Å². The summed E-state index contributed by atoms with van der Waals surface area (Å²) in [6, 6.07) is 29.5. The lowest BCUT2D eigenvalue weighted by Crippen LogP contribution is -2.71. The third-order valence-electron chi connectivity index (χ3n) is 9.26. The summed E-state index contributed by atoms with van der Waals surface area (Å²) in [7, 11) is -2.62. The zero-order chi connectivity index (χ0) is 24.9. The van der Waals surface area contributed by atoms with Crippen LogP contribution in [0.4, 0.5) is 0 Å². The highest BCUT2D eigenvalue weighted by atomic mass is 28.4. The molecule has 2 heteroatoms. The molecule has 0 saturated heterocycles. The van der Waals surface area contributed by atoms with Gasteiger partial charge in [-0.2, -0.15) is 0 Å². The van der Waals surface area contributed by atoms with Gasteiger partial charge in [-0.15, -0.1) is 0 Å². The molecule has 0 aromatic heterocycles. The van der Waals surface area contributed by atoms with Gasteiger partial charge in [0, 0.05) is 0 Å². The van der Waals surface area contributed by atoms with Gasteiger partial charge in [0.2, 0.25) is 0 Å². The van der Waals surface area contributed by atoms with Gasteiger partial charge in [0.1, 0.15) is 0 Å². The predicted molar refractivity (Wildman–Crippen MR) is 151 cm³/mol. The Morgan fingerprint density at radius 3 is 2.00 bits per heavy atom. The van der Waals surface area contributed by atoms with Gasteiger partial charge in [-0.1, -0.05) is 112 Å². The van der Waals surface area contributed by atoms with Gasteiger partial charge in [0.05, 0.1) is 5.60 Å². The van der Waals surface area contributed by atoms with Gasteiger partial charge < -0.3 is 4.43 Å². The van der Waals surface area contributed by atoms with E-state index in [2.05, 4.69) is 120 Å². The van der Waals surface area contributed by atoms with Crippen LogP contribution >= 0.6 is 0 Å². The molecule has 1 nitrogen and oxygen atoms in total. The Morgan fingerprint density at radius 1 is 0.829 bits per heavy atom. The Kier molecular flexibility index (Phi) is 6.13. The van der Waals surface area contributed by atoms with Crippen molar-refractivity contribution in [2.24, 2.45) is 5.92 Å². The highest BCUT2D eigenvalue weighted by Gasteiger charge is 2.59. The molecule has 2 aliphatic rings. The molecule has 35 heavy (non-hydrogen) atoms. The summed E-state index contributed by atoms with van der Waals surface area (Å²) in [5.74, 6) is 0.514. The summed E-state index contributed by atoms with van der Waals surface area (Å²) < 4.78 is 7.92. The molecular weight excluding hydrogens is 440 g/mol. The minimum Gasteiger partial charge on any atom is -0.402 e. The van der Waals surface area contributed by atoms with E-state index in [9.17, 15) is 0 Å². The first kappa shape index (κ1) is 24.5. The molecular formula is C33H42OSi. The van der Waals surface area contributed by atoms with E-state index < -0.39 is 8.32 Å². The molecule has 5 rings (SSSR count). The first-order valence-corrected chi connectivity index (χ1v) is 15.4. The van der Waals surface area contributed by atoms with E-state index in [1.165, 1.54) is 35.2 Å². The molecule has 1 fully saturated rings. The zero-order valence-electron chi connectivity index (χ0n) is 22.5. The van der Waals surface area contributed by atoms with Crippen LogP contribution < -0.4 is 10.4 Å². The largest absolute Gasteiger partial charge is 0.402 e. The van der Waals surface area contributed by atoms with Crippen LogP contribution in [0.25, 0.3) is 0 Å². The summed E-state index contributed by atoms with van der Waals surface area (Å²) in [6.45, 7) is 14.5. The maximum atomic E-state index is 7.92. The number of aryl methyl sites for hydroxylation is 2. The van der Waals surface area contributed by atoms with E-state index in [1.54, 1.807) is 11.1 Å². The molecule has 0 amide bonds. The smallest absolute Gasteiger partial charge is 0.261 e. The summed E-state index contributed by atoms with van der Waals surface area (Å²) >= 11 is 0. The maximum absolute atomic E-state index is 7.92. The minimum atomic E-state index is -2.62. The van der Waals surface area contributed by atoms with Crippen LogP contribution in [-0.4, -0.2) is 13.9 Å². The third-order valence-corrected chi connectivity index (χ3v) is 14.4. The van der Waals surface area contributed by atoms with Crippen molar-refractivity contribution in [3.05, 3.63) is 95.6 Å². The van der Waals surface area contributed by atoms with Gasteiger partial charge >= 0.3 is 0 Å². The molecule has 0 bridgehead atoms. The van der Waals surface area contributed by atoms with Crippen molar-refractivity contribution in [2.75, 3.05) is 0 Å². The lowest BCUT2D eigenvalue weighted by Gasteiger charge is -2.59. The monoisotopic (exact) mass is 482 g/mol. The molecule has 1 saturated carbocycles. The molecule has 0 aliphatic heterocycles. The summed E-state index contributed by atoms with van der Waals surface area (Å²) in [5, 5.41) is 2.77. The summed E-state index contributed by atoms with van der Waals surface area (Å²) in [6.07, 6.45) is 5.98. The lowest BCUT2D eigenvalue weighted by molar-refractivity contribution is -0.0618. The predicted octanol–water partition coefficient (Wildman–Crippen LogP) is 7.33. The number of benzene rings is 3. The fourth-order valence-corrected chi connectivity index (χ4v) is 12.5. The van der Waals surface area contributed by atoms with Crippen molar-refractivity contribution >= 4 is 18.7 Å². The van der Waals surface area contributed by atoms with E-state index in [1.807, 2.05) is 0 Å². The van der Waals surface area contributed by atoms with Crippen molar-refractivity contribution in [3.8, 4) is 0 Å². The Balaban J connectivity index is 1.68. The van der Waals surface area contributed by atoms with E-state index in [0.717, 1.165) is 12.8 Å². The number of fused-ring (bicyclic) bond motifs is 3. The van der Waals surface area contributed by atoms with E-state index in [4.69, 9.17) is 4.43 Å². The fraction of sp³-hybridized carbons (Fsp3) is 0.455. The molecule has 184 valence electrons. The molecule has 2 aliphatic carbocycles. The van der Waals surface area contributed by atoms with Crippen LogP contribution in [0.2, 0.25) is 5.04 Å². The zero-order valence-corrected chi connectivity index (χ0v) is 23.5. The van der Waals surface area contributed by atoms with E-state index >= 15 is 0 Å².